The molecule has 1 aromatic carbocycles. The Kier molecular flexibility index (Phi) is 16.9. The molecule has 22 heteroatoms. The van der Waals surface area contributed by atoms with Crippen LogP contribution in [0.5, 0.6) is 5.75 Å². The van der Waals surface area contributed by atoms with E-state index in [4.69, 9.17) is 51.6 Å². The molecule has 2 amide bonds. The van der Waals surface area contributed by atoms with Crippen molar-refractivity contribution in [2.24, 2.45) is 0 Å². The summed E-state index contributed by atoms with van der Waals surface area (Å²) in [6, 6.07) is 6.59. The van der Waals surface area contributed by atoms with E-state index in [1.165, 1.54) is 32.9 Å². The summed E-state index contributed by atoms with van der Waals surface area (Å²) < 4.78 is 69.8. The first-order chi connectivity index (χ1) is 25.9. The number of aliphatic hydroxyl groups is 3. The molecular formula is C36H50Cl2F2N3O14P. The summed E-state index contributed by atoms with van der Waals surface area (Å²) in [5, 5.41) is 31.9. The molecule has 4 N–H and O–H groups in total. The first-order valence-electron chi connectivity index (χ1n) is 17.0. The van der Waals surface area contributed by atoms with Gasteiger partial charge in [0.1, 0.15) is 47.0 Å². The van der Waals surface area contributed by atoms with Crippen molar-refractivity contribution in [3.8, 4) is 5.75 Å². The molecule has 0 aromatic heterocycles. The largest absolute Gasteiger partial charge is 0.462 e. The van der Waals surface area contributed by atoms with Crippen LogP contribution < -0.4 is 9.61 Å². The number of alkyl halides is 4. The number of amides is 2. The fourth-order valence-corrected chi connectivity index (χ4v) is 7.88. The van der Waals surface area contributed by atoms with Gasteiger partial charge in [-0.1, -0.05) is 33.1 Å². The second-order valence-electron chi connectivity index (χ2n) is 13.8. The van der Waals surface area contributed by atoms with Crippen LogP contribution in [0.2, 0.25) is 0 Å². The number of allylic oxidation sites excluding steroid dienone is 2. The van der Waals surface area contributed by atoms with Crippen molar-refractivity contribution < 1.29 is 75.9 Å². The Labute approximate surface area is 344 Å². The summed E-state index contributed by atoms with van der Waals surface area (Å²) >= 11 is 12.4. The SMILES string of the molecule is C.C.CC(C)OC(=O)[C@H](C)NP(=O)(OC[C@@]1(F)O[C@@H](N2C=CC(=O)CC2=O)[C@](C)(Cl)[C@@H]1O)Oc1ccccc1.C[C@]1(Cl)[C@H](N2C=CC(=O)CC2=O)O[C@](F)(CO)[C@H]1O. The number of esters is 1. The van der Waals surface area contributed by atoms with Crippen LogP contribution in [-0.2, 0) is 47.3 Å². The van der Waals surface area contributed by atoms with Crippen molar-refractivity contribution in [3.63, 3.8) is 0 Å². The normalized spacial score (nSPS) is 33.5. The van der Waals surface area contributed by atoms with Gasteiger partial charge in [0.2, 0.25) is 11.8 Å². The minimum Gasteiger partial charge on any atom is -0.462 e. The number of ether oxygens (including phenoxy) is 3. The summed E-state index contributed by atoms with van der Waals surface area (Å²) in [5.41, 5.74) is 0. The van der Waals surface area contributed by atoms with Crippen LogP contribution in [0.1, 0.15) is 62.3 Å². The molecule has 1 aromatic rings. The number of carbonyl (C=O) groups is 5. The lowest BCUT2D eigenvalue weighted by atomic mass is 9.98. The van der Waals surface area contributed by atoms with E-state index in [-0.39, 0.29) is 32.8 Å². The third-order valence-corrected chi connectivity index (χ3v) is 11.1. The number of ketones is 2. The van der Waals surface area contributed by atoms with Gasteiger partial charge in [-0.05, 0) is 58.9 Å². The van der Waals surface area contributed by atoms with Gasteiger partial charge in [0.25, 0.3) is 11.7 Å². The molecule has 326 valence electrons. The van der Waals surface area contributed by atoms with Crippen molar-refractivity contribution in [1.82, 2.24) is 14.9 Å². The van der Waals surface area contributed by atoms with Crippen molar-refractivity contribution >= 4 is 60.3 Å². The van der Waals surface area contributed by atoms with E-state index in [0.29, 0.717) is 0 Å². The van der Waals surface area contributed by atoms with Gasteiger partial charge in [0, 0.05) is 12.4 Å². The van der Waals surface area contributed by atoms with E-state index in [2.05, 4.69) is 5.09 Å². The van der Waals surface area contributed by atoms with Crippen LogP contribution in [0.3, 0.4) is 0 Å². The molecule has 17 nitrogen and oxygen atoms in total. The van der Waals surface area contributed by atoms with Crippen LogP contribution in [0.25, 0.3) is 0 Å². The Hall–Kier alpha value is -3.36. The summed E-state index contributed by atoms with van der Waals surface area (Å²) in [4.78, 5) is 57.2. The maximum atomic E-state index is 15.9. The van der Waals surface area contributed by atoms with Gasteiger partial charge in [0.05, 0.1) is 18.9 Å². The zero-order valence-corrected chi connectivity index (χ0v) is 33.1. The number of rotatable bonds is 12. The minimum absolute atomic E-state index is 0. The van der Waals surface area contributed by atoms with E-state index < -0.39 is 109 Å². The average Bonchev–Trinajstić information content (AvgIpc) is 3.41. The fraction of sp³-hybridized carbons (Fsp3) is 0.583. The van der Waals surface area contributed by atoms with Crippen molar-refractivity contribution in [2.45, 2.75) is 121 Å². The van der Waals surface area contributed by atoms with Gasteiger partial charge in [-0.2, -0.15) is 5.09 Å². The highest BCUT2D eigenvalue weighted by atomic mass is 35.5. The number of benzene rings is 1. The molecule has 1 unspecified atom stereocenters. The quantitative estimate of drug-likeness (QED) is 0.101. The third kappa shape index (κ3) is 11.1. The van der Waals surface area contributed by atoms with Crippen LogP contribution in [0.4, 0.5) is 8.78 Å². The van der Waals surface area contributed by atoms with Gasteiger partial charge in [-0.3, -0.25) is 38.3 Å². The third-order valence-electron chi connectivity index (χ3n) is 8.71. The van der Waals surface area contributed by atoms with Gasteiger partial charge in [0.15, 0.2) is 24.0 Å². The van der Waals surface area contributed by atoms with E-state index >= 15 is 4.39 Å². The summed E-state index contributed by atoms with van der Waals surface area (Å²) in [5.74, 6) is -8.66. The predicted molar refractivity (Wildman–Crippen MR) is 204 cm³/mol. The molecule has 2 saturated heterocycles. The van der Waals surface area contributed by atoms with E-state index in [1.807, 2.05) is 0 Å². The van der Waals surface area contributed by atoms with E-state index in [9.17, 15) is 43.1 Å². The molecule has 58 heavy (non-hydrogen) atoms. The van der Waals surface area contributed by atoms with Crippen LogP contribution in [0, 0.1) is 0 Å². The van der Waals surface area contributed by atoms with E-state index in [1.54, 1.807) is 32.0 Å². The lowest BCUT2D eigenvalue weighted by Gasteiger charge is -2.33. The smallest absolute Gasteiger partial charge is 0.459 e. The van der Waals surface area contributed by atoms with Crippen molar-refractivity contribution in [3.05, 3.63) is 54.9 Å². The van der Waals surface area contributed by atoms with Crippen molar-refractivity contribution in [2.75, 3.05) is 13.2 Å². The molecule has 0 aliphatic carbocycles. The highest BCUT2D eigenvalue weighted by Gasteiger charge is 2.66. The number of aliphatic hydroxyl groups excluding tert-OH is 3. The predicted octanol–water partition coefficient (Wildman–Crippen LogP) is 3.76. The molecule has 0 saturated carbocycles. The molecular weight excluding hydrogens is 838 g/mol. The number of carbonyl (C=O) groups excluding carboxylic acids is 5. The lowest BCUT2D eigenvalue weighted by Crippen LogP contribution is -2.51. The minimum atomic E-state index is -4.49. The van der Waals surface area contributed by atoms with Crippen LogP contribution in [-0.4, -0.2) is 126 Å². The van der Waals surface area contributed by atoms with Crippen LogP contribution in [0.15, 0.2) is 54.9 Å². The number of nitrogens with zero attached hydrogens (tertiary/aromatic N) is 2. The topological polar surface area (TPSA) is 228 Å². The van der Waals surface area contributed by atoms with Gasteiger partial charge >= 0.3 is 13.7 Å². The standard InChI is InChI=1S/C23H29ClFN2O9P.C11H13ClFNO5.2CH4/c1-14(2)34-19(30)15(3)26-37(32,36-17-8-6-5-7-9-17)33-13-23(25)20(31)22(4,24)21(35-23)27-11-10-16(28)12-18(27)29;1-10(12)8(18)11(13,5-15)19-9(10)14-3-2-6(16)4-7(14)17;;/h5-11,14-15,20-21,31H,12-13H2,1-4H3,(H,26,32);2-3,8-9,15,18H,4-5H2,1H3;2*1H4/t15-,20-,21+,22+,23+,37?;8-,9+,10+,11+;;/m00../s1. The highest BCUT2D eigenvalue weighted by molar-refractivity contribution is 7.52. The Morgan fingerprint density at radius 3 is 1.76 bits per heavy atom. The Morgan fingerprint density at radius 1 is 0.897 bits per heavy atom. The average molecular weight is 889 g/mol. The monoisotopic (exact) mass is 887 g/mol. The highest BCUT2D eigenvalue weighted by Crippen LogP contribution is 2.51. The molecule has 0 spiro atoms. The number of para-hydroxylation sites is 1. The molecule has 0 radical (unpaired) electrons. The van der Waals surface area contributed by atoms with Crippen molar-refractivity contribution in [1.29, 1.82) is 0 Å². The molecule has 10 atom stereocenters. The van der Waals surface area contributed by atoms with Gasteiger partial charge in [-0.15, -0.1) is 23.2 Å². The maximum Gasteiger partial charge on any atom is 0.459 e. The lowest BCUT2D eigenvalue weighted by molar-refractivity contribution is -0.212. The molecule has 5 rings (SSSR count). The summed E-state index contributed by atoms with van der Waals surface area (Å²) in [6.07, 6.45) is -3.60. The second-order valence-corrected chi connectivity index (χ2v) is 17.1. The molecule has 4 heterocycles. The summed E-state index contributed by atoms with van der Waals surface area (Å²) in [6.45, 7) is 4.87. The zero-order valence-electron chi connectivity index (χ0n) is 30.7. The van der Waals surface area contributed by atoms with Gasteiger partial charge in [-0.25, -0.2) is 13.3 Å². The Morgan fingerprint density at radius 2 is 1.34 bits per heavy atom. The Bertz CT molecular complexity index is 1790. The zero-order chi connectivity index (χ0) is 42.0. The first kappa shape index (κ1) is 50.8. The van der Waals surface area contributed by atoms with E-state index in [0.717, 1.165) is 34.4 Å². The number of hydrogen-bond acceptors (Lipinski definition) is 14. The van der Waals surface area contributed by atoms with Gasteiger partial charge < -0.3 is 34.1 Å². The Balaban J connectivity index is 0.000000466. The number of nitrogens with one attached hydrogen (secondary N) is 1. The first-order valence-corrected chi connectivity index (χ1v) is 19.3. The second kappa shape index (κ2) is 19.4. The molecule has 0 bridgehead atoms. The number of halogens is 4. The molecule has 4 aliphatic rings. The molecule has 2 fully saturated rings. The summed E-state index contributed by atoms with van der Waals surface area (Å²) in [7, 11) is -4.49. The van der Waals surface area contributed by atoms with Crippen LogP contribution >= 0.6 is 30.9 Å². The maximum absolute atomic E-state index is 15.9. The number of hydrogen-bond donors (Lipinski definition) is 4. The fourth-order valence-electron chi connectivity index (χ4n) is 5.75. The molecule has 4 aliphatic heterocycles.